The number of methoxy groups -OCH3 is 1. The van der Waals surface area contributed by atoms with Crippen molar-refractivity contribution in [2.24, 2.45) is 22.2 Å². The molecule has 0 saturated heterocycles. The summed E-state index contributed by atoms with van der Waals surface area (Å²) >= 11 is 0. The van der Waals surface area contributed by atoms with E-state index in [2.05, 4.69) is 50.1 Å². The van der Waals surface area contributed by atoms with E-state index in [0.717, 1.165) is 0 Å². The molecule has 0 spiro atoms. The zero-order chi connectivity index (χ0) is 17.6. The van der Waals surface area contributed by atoms with Crippen molar-refractivity contribution in [1.82, 2.24) is 0 Å². The number of carbonyl (C=O) groups excluding carboxylic acids is 1. The maximum Gasteiger partial charge on any atom is 0.340 e. The smallest absolute Gasteiger partial charge is 0.340 e. The van der Waals surface area contributed by atoms with Crippen LogP contribution in [0.1, 0.15) is 44.0 Å². The van der Waals surface area contributed by atoms with Crippen LogP contribution in [0.15, 0.2) is 53.6 Å². The van der Waals surface area contributed by atoms with Gasteiger partial charge in [0.05, 0.1) is 18.4 Å². The fraction of sp³-hybridized carbons (Fsp3) is 0.429. The summed E-state index contributed by atoms with van der Waals surface area (Å²) in [6.07, 6.45) is 13.3. The molecule has 2 rings (SSSR count). The van der Waals surface area contributed by atoms with E-state index < -0.39 is 0 Å². The lowest BCUT2D eigenvalue weighted by atomic mass is 9.72. The van der Waals surface area contributed by atoms with Gasteiger partial charge in [0, 0.05) is 12.1 Å². The van der Waals surface area contributed by atoms with Crippen LogP contribution in [0.3, 0.4) is 0 Å². The molecule has 128 valence electrons. The lowest BCUT2D eigenvalue weighted by Gasteiger charge is -2.33. The van der Waals surface area contributed by atoms with Gasteiger partial charge in [-0.05, 0) is 36.3 Å². The maximum atomic E-state index is 11.8. The molecule has 0 aromatic heterocycles. The minimum absolute atomic E-state index is 0.196. The number of benzene rings is 1. The molecule has 0 fully saturated rings. The fourth-order valence-corrected chi connectivity index (χ4v) is 2.86. The van der Waals surface area contributed by atoms with Crippen LogP contribution >= 0.6 is 0 Å². The largest absolute Gasteiger partial charge is 0.465 e. The standard InChI is InChI=1S/C21H27NO2/c1-16(12-13-17-9-7-8-14-21(17,2)3)15-22-19-11-6-5-10-18(19)20(23)24-4/h5-7,9-13,15-17H,8,14H2,1-4H3/b13-12+,22-15?. The molecule has 3 nitrogen and oxygen atoms in total. The number of nitrogens with zero attached hydrogens (tertiary/aromatic N) is 1. The molecule has 0 radical (unpaired) electrons. The van der Waals surface area contributed by atoms with Gasteiger partial charge in [-0.25, -0.2) is 4.79 Å². The summed E-state index contributed by atoms with van der Waals surface area (Å²) in [5.41, 5.74) is 1.44. The van der Waals surface area contributed by atoms with Crippen molar-refractivity contribution in [1.29, 1.82) is 0 Å². The first kappa shape index (κ1) is 18.2. The third-order valence-corrected chi connectivity index (χ3v) is 4.58. The Morgan fingerprint density at radius 3 is 2.83 bits per heavy atom. The van der Waals surface area contributed by atoms with Gasteiger partial charge < -0.3 is 4.74 Å². The quantitative estimate of drug-likeness (QED) is 0.415. The normalized spacial score (nSPS) is 21.2. The average molecular weight is 325 g/mol. The highest BCUT2D eigenvalue weighted by Crippen LogP contribution is 2.37. The highest BCUT2D eigenvalue weighted by atomic mass is 16.5. The summed E-state index contributed by atoms with van der Waals surface area (Å²) in [4.78, 5) is 16.2. The van der Waals surface area contributed by atoms with E-state index in [1.165, 1.54) is 20.0 Å². The maximum absolute atomic E-state index is 11.8. The Morgan fingerprint density at radius 1 is 1.38 bits per heavy atom. The predicted octanol–water partition coefficient (Wildman–Crippen LogP) is 5.36. The second-order valence-electron chi connectivity index (χ2n) is 7.01. The van der Waals surface area contributed by atoms with Crippen molar-refractivity contribution in [2.45, 2.75) is 33.6 Å². The third kappa shape index (κ3) is 4.67. The van der Waals surface area contributed by atoms with Gasteiger partial charge in [0.1, 0.15) is 0 Å². The van der Waals surface area contributed by atoms with Gasteiger partial charge >= 0.3 is 5.97 Å². The van der Waals surface area contributed by atoms with Gasteiger partial charge in [0.25, 0.3) is 0 Å². The van der Waals surface area contributed by atoms with Gasteiger partial charge in [-0.1, -0.05) is 57.2 Å². The summed E-state index contributed by atoms with van der Waals surface area (Å²) in [5, 5.41) is 0. The number of esters is 1. The van der Waals surface area contributed by atoms with E-state index >= 15 is 0 Å². The third-order valence-electron chi connectivity index (χ3n) is 4.58. The highest BCUT2D eigenvalue weighted by Gasteiger charge is 2.27. The average Bonchev–Trinajstić information content (AvgIpc) is 2.58. The highest BCUT2D eigenvalue weighted by molar-refractivity contribution is 5.95. The first-order valence-corrected chi connectivity index (χ1v) is 8.50. The molecule has 0 bridgehead atoms. The van der Waals surface area contributed by atoms with Crippen molar-refractivity contribution in [3.63, 3.8) is 0 Å². The van der Waals surface area contributed by atoms with Crippen LogP contribution in [-0.2, 0) is 4.74 Å². The van der Waals surface area contributed by atoms with E-state index in [4.69, 9.17) is 4.74 Å². The van der Waals surface area contributed by atoms with E-state index in [1.807, 2.05) is 24.4 Å². The molecule has 0 aliphatic heterocycles. The lowest BCUT2D eigenvalue weighted by molar-refractivity contribution is 0.0601. The van der Waals surface area contributed by atoms with E-state index in [1.54, 1.807) is 6.07 Å². The summed E-state index contributed by atoms with van der Waals surface area (Å²) in [5.74, 6) is 0.298. The van der Waals surface area contributed by atoms with Crippen LogP contribution in [0.2, 0.25) is 0 Å². The molecular weight excluding hydrogens is 298 g/mol. The van der Waals surface area contributed by atoms with Gasteiger partial charge in [-0.3, -0.25) is 4.99 Å². The minimum atomic E-state index is -0.361. The predicted molar refractivity (Wildman–Crippen MR) is 99.9 cm³/mol. The number of aliphatic imine (C=N–C) groups is 1. The number of para-hydroxylation sites is 1. The zero-order valence-corrected chi connectivity index (χ0v) is 15.0. The molecule has 0 N–H and O–H groups in total. The van der Waals surface area contributed by atoms with Crippen molar-refractivity contribution < 1.29 is 9.53 Å². The summed E-state index contributed by atoms with van der Waals surface area (Å²) in [6, 6.07) is 7.24. The summed E-state index contributed by atoms with van der Waals surface area (Å²) in [6.45, 7) is 6.73. The Balaban J connectivity index is 2.07. The van der Waals surface area contributed by atoms with Crippen molar-refractivity contribution >= 4 is 17.9 Å². The molecule has 2 atom stereocenters. The summed E-state index contributed by atoms with van der Waals surface area (Å²) in [7, 11) is 1.38. The van der Waals surface area contributed by atoms with Gasteiger partial charge in [0.15, 0.2) is 0 Å². The number of carbonyl (C=O) groups is 1. The molecule has 3 heteroatoms. The number of hydrogen-bond donors (Lipinski definition) is 0. The topological polar surface area (TPSA) is 38.7 Å². The number of hydrogen-bond acceptors (Lipinski definition) is 3. The minimum Gasteiger partial charge on any atom is -0.465 e. The Morgan fingerprint density at radius 2 is 2.12 bits per heavy atom. The van der Waals surface area contributed by atoms with E-state index in [0.29, 0.717) is 22.6 Å². The fourth-order valence-electron chi connectivity index (χ4n) is 2.86. The second kappa shape index (κ2) is 8.09. The van der Waals surface area contributed by atoms with Gasteiger partial charge in [-0.15, -0.1) is 0 Å². The molecule has 0 amide bonds. The van der Waals surface area contributed by atoms with Gasteiger partial charge in [-0.2, -0.15) is 0 Å². The SMILES string of the molecule is COC(=O)c1ccccc1N=CC(C)/C=C/C1C=CCCC1(C)C. The molecule has 1 aliphatic rings. The number of rotatable bonds is 5. The molecule has 2 unspecified atom stereocenters. The Hall–Kier alpha value is -2.16. The molecule has 24 heavy (non-hydrogen) atoms. The zero-order valence-electron chi connectivity index (χ0n) is 15.0. The van der Waals surface area contributed by atoms with Crippen molar-refractivity contribution in [3.05, 3.63) is 54.1 Å². The summed E-state index contributed by atoms with van der Waals surface area (Å²) < 4.78 is 4.80. The monoisotopic (exact) mass is 325 g/mol. The lowest BCUT2D eigenvalue weighted by Crippen LogP contribution is -2.23. The van der Waals surface area contributed by atoms with Crippen LogP contribution in [0.5, 0.6) is 0 Å². The Kier molecular flexibility index (Phi) is 6.13. The van der Waals surface area contributed by atoms with Crippen LogP contribution < -0.4 is 0 Å². The molecule has 1 aromatic carbocycles. The second-order valence-corrected chi connectivity index (χ2v) is 7.01. The molecule has 1 aromatic rings. The molecular formula is C21H27NO2. The molecule has 0 saturated carbocycles. The van der Waals surface area contributed by atoms with Crippen LogP contribution in [-0.4, -0.2) is 19.3 Å². The number of allylic oxidation sites excluding steroid dienone is 4. The van der Waals surface area contributed by atoms with Gasteiger partial charge in [0.2, 0.25) is 0 Å². The van der Waals surface area contributed by atoms with Crippen molar-refractivity contribution in [2.75, 3.05) is 7.11 Å². The van der Waals surface area contributed by atoms with E-state index in [-0.39, 0.29) is 11.9 Å². The molecule has 0 heterocycles. The number of ether oxygens (including phenoxy) is 1. The first-order chi connectivity index (χ1) is 11.4. The Labute approximate surface area is 145 Å². The van der Waals surface area contributed by atoms with Crippen LogP contribution in [0, 0.1) is 17.3 Å². The van der Waals surface area contributed by atoms with Crippen LogP contribution in [0.25, 0.3) is 0 Å². The van der Waals surface area contributed by atoms with Crippen LogP contribution in [0.4, 0.5) is 5.69 Å². The van der Waals surface area contributed by atoms with Crippen molar-refractivity contribution in [3.8, 4) is 0 Å². The van der Waals surface area contributed by atoms with E-state index in [9.17, 15) is 4.79 Å². The molecule has 1 aliphatic carbocycles. The Bertz CT molecular complexity index is 656. The first-order valence-electron chi connectivity index (χ1n) is 8.50.